The van der Waals surface area contributed by atoms with E-state index >= 15 is 0 Å². The van der Waals surface area contributed by atoms with Crippen molar-refractivity contribution in [3.8, 4) is 0 Å². The fourth-order valence-electron chi connectivity index (χ4n) is 2.05. The molecule has 5 nitrogen and oxygen atoms in total. The van der Waals surface area contributed by atoms with E-state index in [9.17, 15) is 9.59 Å². The molecule has 1 saturated carbocycles. The first-order valence-corrected chi connectivity index (χ1v) is 7.43. The zero-order valence-corrected chi connectivity index (χ0v) is 12.3. The standard InChI is InChI=1S/C16H22N2O3/c1-11(3-2-10-19)17-15(20)12-4-6-13(7-5-12)16(21)18-14-8-9-14/h4-7,11,14,19H,2-3,8-10H2,1H3,(H,17,20)(H,18,21). The van der Waals surface area contributed by atoms with E-state index in [0.29, 0.717) is 23.6 Å². The molecule has 114 valence electrons. The molecule has 3 N–H and O–H groups in total. The predicted octanol–water partition coefficient (Wildman–Crippen LogP) is 1.47. The summed E-state index contributed by atoms with van der Waals surface area (Å²) < 4.78 is 0. The lowest BCUT2D eigenvalue weighted by Crippen LogP contribution is -2.32. The molecule has 1 aliphatic carbocycles. The van der Waals surface area contributed by atoms with Crippen LogP contribution in [0.25, 0.3) is 0 Å². The summed E-state index contributed by atoms with van der Waals surface area (Å²) in [7, 11) is 0. The highest BCUT2D eigenvalue weighted by atomic mass is 16.3. The third-order valence-electron chi connectivity index (χ3n) is 3.49. The molecule has 1 aromatic carbocycles. The number of aliphatic hydroxyl groups is 1. The fourth-order valence-corrected chi connectivity index (χ4v) is 2.05. The molecule has 5 heteroatoms. The van der Waals surface area contributed by atoms with Gasteiger partial charge in [0.05, 0.1) is 0 Å². The minimum Gasteiger partial charge on any atom is -0.396 e. The van der Waals surface area contributed by atoms with E-state index in [1.54, 1.807) is 24.3 Å². The molecule has 21 heavy (non-hydrogen) atoms. The van der Waals surface area contributed by atoms with Crippen LogP contribution in [0.1, 0.15) is 53.3 Å². The quantitative estimate of drug-likeness (QED) is 0.711. The zero-order chi connectivity index (χ0) is 15.2. The van der Waals surface area contributed by atoms with Crippen LogP contribution in [0.2, 0.25) is 0 Å². The van der Waals surface area contributed by atoms with Crippen molar-refractivity contribution < 1.29 is 14.7 Å². The molecule has 1 unspecified atom stereocenters. The van der Waals surface area contributed by atoms with Gasteiger partial charge in [0.2, 0.25) is 0 Å². The van der Waals surface area contributed by atoms with Gasteiger partial charge in [-0.15, -0.1) is 0 Å². The highest BCUT2D eigenvalue weighted by molar-refractivity contribution is 5.98. The second-order valence-corrected chi connectivity index (χ2v) is 5.57. The number of carbonyl (C=O) groups excluding carboxylic acids is 2. The number of nitrogens with one attached hydrogen (secondary N) is 2. The maximum atomic E-state index is 12.0. The average Bonchev–Trinajstić information content (AvgIpc) is 3.29. The monoisotopic (exact) mass is 290 g/mol. The first kappa shape index (κ1) is 15.5. The number of carbonyl (C=O) groups is 2. The van der Waals surface area contributed by atoms with Gasteiger partial charge >= 0.3 is 0 Å². The highest BCUT2D eigenvalue weighted by Crippen LogP contribution is 2.19. The SMILES string of the molecule is CC(CCCO)NC(=O)c1ccc(C(=O)NC2CC2)cc1. The minimum atomic E-state index is -0.158. The van der Waals surface area contributed by atoms with Crippen molar-refractivity contribution in [1.82, 2.24) is 10.6 Å². The number of amides is 2. The Morgan fingerprint density at radius 2 is 1.76 bits per heavy atom. The zero-order valence-electron chi connectivity index (χ0n) is 12.3. The van der Waals surface area contributed by atoms with Gasteiger partial charge in [-0.2, -0.15) is 0 Å². The fraction of sp³-hybridized carbons (Fsp3) is 0.500. The largest absolute Gasteiger partial charge is 0.396 e. The van der Waals surface area contributed by atoms with Crippen LogP contribution in [0.5, 0.6) is 0 Å². The van der Waals surface area contributed by atoms with Gasteiger partial charge in [0.15, 0.2) is 0 Å². The Kier molecular flexibility index (Phi) is 5.33. The van der Waals surface area contributed by atoms with Crippen molar-refractivity contribution in [2.45, 2.75) is 44.7 Å². The molecule has 2 amide bonds. The van der Waals surface area contributed by atoms with Crippen molar-refractivity contribution >= 4 is 11.8 Å². The summed E-state index contributed by atoms with van der Waals surface area (Å²) in [6, 6.07) is 7.01. The first-order valence-electron chi connectivity index (χ1n) is 7.43. The number of hydrogen-bond donors (Lipinski definition) is 3. The van der Waals surface area contributed by atoms with Crippen LogP contribution in [-0.4, -0.2) is 35.6 Å². The molecule has 1 atom stereocenters. The van der Waals surface area contributed by atoms with Crippen molar-refractivity contribution in [3.05, 3.63) is 35.4 Å². The van der Waals surface area contributed by atoms with E-state index in [-0.39, 0.29) is 24.5 Å². The van der Waals surface area contributed by atoms with Gasteiger partial charge in [0.1, 0.15) is 0 Å². The summed E-state index contributed by atoms with van der Waals surface area (Å²) in [5.74, 6) is -0.240. The van der Waals surface area contributed by atoms with Gasteiger partial charge in [0.25, 0.3) is 11.8 Å². The van der Waals surface area contributed by atoms with Crippen LogP contribution in [0.3, 0.4) is 0 Å². The molecule has 2 rings (SSSR count). The van der Waals surface area contributed by atoms with Crippen molar-refractivity contribution in [2.24, 2.45) is 0 Å². The Morgan fingerprint density at radius 1 is 1.19 bits per heavy atom. The van der Waals surface area contributed by atoms with E-state index in [4.69, 9.17) is 5.11 Å². The van der Waals surface area contributed by atoms with Gasteiger partial charge in [-0.1, -0.05) is 0 Å². The molecular formula is C16H22N2O3. The lowest BCUT2D eigenvalue weighted by molar-refractivity contribution is 0.0929. The van der Waals surface area contributed by atoms with Crippen LogP contribution in [0.15, 0.2) is 24.3 Å². The maximum absolute atomic E-state index is 12.0. The highest BCUT2D eigenvalue weighted by Gasteiger charge is 2.23. The molecule has 0 spiro atoms. The molecule has 0 bridgehead atoms. The number of rotatable bonds is 7. The topological polar surface area (TPSA) is 78.4 Å². The average molecular weight is 290 g/mol. The Hall–Kier alpha value is -1.88. The van der Waals surface area contributed by atoms with Crippen LogP contribution < -0.4 is 10.6 Å². The van der Waals surface area contributed by atoms with Crippen LogP contribution in [0.4, 0.5) is 0 Å². The molecule has 1 aromatic rings. The van der Waals surface area contributed by atoms with E-state index in [1.807, 2.05) is 6.92 Å². The minimum absolute atomic E-state index is 0.0162. The lowest BCUT2D eigenvalue weighted by Gasteiger charge is -2.13. The second kappa shape index (κ2) is 7.22. The Labute approximate surface area is 124 Å². The van der Waals surface area contributed by atoms with Gasteiger partial charge in [0, 0.05) is 29.8 Å². The van der Waals surface area contributed by atoms with E-state index in [1.165, 1.54) is 0 Å². The Bertz CT molecular complexity index is 495. The molecule has 1 fully saturated rings. The van der Waals surface area contributed by atoms with Crippen molar-refractivity contribution in [1.29, 1.82) is 0 Å². The van der Waals surface area contributed by atoms with E-state index < -0.39 is 0 Å². The Balaban J connectivity index is 1.88. The van der Waals surface area contributed by atoms with E-state index in [2.05, 4.69) is 10.6 Å². The molecule has 0 aromatic heterocycles. The normalized spacial score (nSPS) is 15.3. The van der Waals surface area contributed by atoms with Gasteiger partial charge in [-0.25, -0.2) is 0 Å². The van der Waals surface area contributed by atoms with E-state index in [0.717, 1.165) is 19.3 Å². The third kappa shape index (κ3) is 4.86. The number of hydrogen-bond acceptors (Lipinski definition) is 3. The molecule has 0 heterocycles. The van der Waals surface area contributed by atoms with Crippen molar-refractivity contribution in [2.75, 3.05) is 6.61 Å². The smallest absolute Gasteiger partial charge is 0.251 e. The Morgan fingerprint density at radius 3 is 2.29 bits per heavy atom. The van der Waals surface area contributed by atoms with Gasteiger partial charge in [-0.3, -0.25) is 9.59 Å². The first-order chi connectivity index (χ1) is 10.1. The summed E-state index contributed by atoms with van der Waals surface area (Å²) in [6.07, 6.45) is 3.52. The summed E-state index contributed by atoms with van der Waals surface area (Å²) in [6.45, 7) is 2.04. The number of benzene rings is 1. The summed E-state index contributed by atoms with van der Waals surface area (Å²) >= 11 is 0. The molecule has 0 aliphatic heterocycles. The van der Waals surface area contributed by atoms with Gasteiger partial charge < -0.3 is 15.7 Å². The van der Waals surface area contributed by atoms with Crippen LogP contribution >= 0.6 is 0 Å². The summed E-state index contributed by atoms with van der Waals surface area (Å²) in [4.78, 5) is 23.8. The molecular weight excluding hydrogens is 268 g/mol. The van der Waals surface area contributed by atoms with Gasteiger partial charge in [-0.05, 0) is 56.9 Å². The maximum Gasteiger partial charge on any atom is 0.251 e. The molecule has 1 aliphatic rings. The van der Waals surface area contributed by atoms with Crippen LogP contribution in [-0.2, 0) is 0 Å². The van der Waals surface area contributed by atoms with Crippen LogP contribution in [0, 0.1) is 0 Å². The summed E-state index contributed by atoms with van der Waals surface area (Å²) in [5.41, 5.74) is 1.11. The van der Waals surface area contributed by atoms with Crippen molar-refractivity contribution in [3.63, 3.8) is 0 Å². The second-order valence-electron chi connectivity index (χ2n) is 5.57. The third-order valence-corrected chi connectivity index (χ3v) is 3.49. The number of aliphatic hydroxyl groups excluding tert-OH is 1. The lowest BCUT2D eigenvalue weighted by atomic mass is 10.1. The predicted molar refractivity (Wildman–Crippen MR) is 80.2 cm³/mol. The summed E-state index contributed by atoms with van der Waals surface area (Å²) in [5, 5.41) is 14.5. The molecule has 0 saturated heterocycles. The molecule has 0 radical (unpaired) electrons.